The number of carboxylic acid groups (broad SMARTS) is 4. The third-order valence-corrected chi connectivity index (χ3v) is 6.55. The molecule has 15 heteroatoms. The number of nitrogens with one attached hydrogen (secondary N) is 1. The van der Waals surface area contributed by atoms with Crippen molar-refractivity contribution >= 4 is 35.6 Å². The van der Waals surface area contributed by atoms with Crippen LogP contribution in [-0.4, -0.2) is 150 Å². The molecule has 3 N–H and O–H groups in total. The van der Waals surface area contributed by atoms with Crippen molar-refractivity contribution in [2.24, 2.45) is 0 Å². The summed E-state index contributed by atoms with van der Waals surface area (Å²) in [5.41, 5.74) is 0. The van der Waals surface area contributed by atoms with Crippen molar-refractivity contribution in [3.8, 4) is 0 Å². The van der Waals surface area contributed by atoms with Gasteiger partial charge in [-0.25, -0.2) is 0 Å². The number of amides is 1. The van der Waals surface area contributed by atoms with E-state index in [0.717, 1.165) is 0 Å². The van der Waals surface area contributed by atoms with E-state index in [-0.39, 0.29) is 83.4 Å². The standard InChI is InChI=1S/C25H43N5O10/c1-19(31)5-6-21(32)26-7-3-2-4-20-14-29(17-24(37)38)11-10-27(15-22(33)34)8-9-28(16-23(35)36)12-13-30(20)18-25(39)40/h20H,2-18H2,1H3,(H,26,32)(H,33,34)(H,35,36)(H,37,38)(H,39,40)/p-2. The molecule has 1 unspecified atom stereocenters. The highest BCUT2D eigenvalue weighted by Crippen LogP contribution is 2.13. The minimum absolute atomic E-state index is 0.0815. The lowest BCUT2D eigenvalue weighted by Crippen LogP contribution is -2.54. The predicted octanol–water partition coefficient (Wildman–Crippen LogP) is -4.10. The van der Waals surface area contributed by atoms with E-state index in [1.54, 1.807) is 19.6 Å². The lowest BCUT2D eigenvalue weighted by atomic mass is 10.1. The zero-order valence-electron chi connectivity index (χ0n) is 23.0. The Morgan fingerprint density at radius 2 is 1.25 bits per heavy atom. The molecule has 1 saturated heterocycles. The normalized spacial score (nSPS) is 18.8. The molecule has 1 aliphatic heterocycles. The van der Waals surface area contributed by atoms with Crippen molar-refractivity contribution in [1.29, 1.82) is 0 Å². The minimum atomic E-state index is -1.33. The van der Waals surface area contributed by atoms with Crippen molar-refractivity contribution in [1.82, 2.24) is 24.9 Å². The molecule has 1 heterocycles. The number of hydrogen-bond acceptors (Lipinski definition) is 12. The van der Waals surface area contributed by atoms with E-state index >= 15 is 0 Å². The molecule has 0 bridgehead atoms. The fourth-order valence-electron chi connectivity index (χ4n) is 4.53. The first kappa shape index (κ1) is 34.9. The largest absolute Gasteiger partial charge is 0.549 e. The number of Topliss-reactive ketones (excluding diaryl/α,β-unsaturated/α-hetero) is 1. The Morgan fingerprint density at radius 1 is 0.725 bits per heavy atom. The van der Waals surface area contributed by atoms with Gasteiger partial charge in [-0.05, 0) is 19.8 Å². The molecular formula is C25H41N5O10-2. The van der Waals surface area contributed by atoms with Crippen molar-refractivity contribution in [2.75, 3.05) is 78.5 Å². The number of hydrogen-bond donors (Lipinski definition) is 3. The third kappa shape index (κ3) is 16.7. The average Bonchev–Trinajstić information content (AvgIpc) is 2.83. The van der Waals surface area contributed by atoms with Gasteiger partial charge in [-0.1, -0.05) is 6.42 Å². The first-order chi connectivity index (χ1) is 18.8. The second kappa shape index (κ2) is 19.0. The van der Waals surface area contributed by atoms with E-state index in [1.165, 1.54) is 6.92 Å². The summed E-state index contributed by atoms with van der Waals surface area (Å²) < 4.78 is 0. The molecule has 15 nitrogen and oxygen atoms in total. The fourth-order valence-corrected chi connectivity index (χ4v) is 4.53. The van der Waals surface area contributed by atoms with Gasteiger partial charge in [-0.3, -0.25) is 34.0 Å². The number of nitrogens with zero attached hydrogens (tertiary/aromatic N) is 4. The number of carboxylic acids is 4. The van der Waals surface area contributed by atoms with Gasteiger partial charge in [0.2, 0.25) is 5.91 Å². The van der Waals surface area contributed by atoms with Crippen LogP contribution in [0.4, 0.5) is 0 Å². The van der Waals surface area contributed by atoms with Crippen LogP contribution in [-0.2, 0) is 28.8 Å². The van der Waals surface area contributed by atoms with Crippen LogP contribution in [0.15, 0.2) is 0 Å². The molecule has 40 heavy (non-hydrogen) atoms. The molecule has 0 spiro atoms. The smallest absolute Gasteiger partial charge is 0.317 e. The van der Waals surface area contributed by atoms with E-state index in [4.69, 9.17) is 0 Å². The van der Waals surface area contributed by atoms with E-state index < -0.39 is 43.0 Å². The molecule has 1 rings (SSSR count). The second-order valence-corrected chi connectivity index (χ2v) is 9.99. The van der Waals surface area contributed by atoms with Crippen LogP contribution in [0.2, 0.25) is 0 Å². The van der Waals surface area contributed by atoms with Gasteiger partial charge < -0.3 is 40.1 Å². The summed E-state index contributed by atoms with van der Waals surface area (Å²) in [7, 11) is 0. The fraction of sp³-hybridized carbons (Fsp3) is 0.760. The van der Waals surface area contributed by atoms with Crippen molar-refractivity contribution in [3.63, 3.8) is 0 Å². The Morgan fingerprint density at radius 3 is 1.80 bits per heavy atom. The summed E-state index contributed by atoms with van der Waals surface area (Å²) >= 11 is 0. The van der Waals surface area contributed by atoms with Crippen LogP contribution in [0.5, 0.6) is 0 Å². The molecular weight excluding hydrogens is 530 g/mol. The van der Waals surface area contributed by atoms with E-state index in [1.807, 2.05) is 0 Å². The minimum Gasteiger partial charge on any atom is -0.549 e. The van der Waals surface area contributed by atoms with Gasteiger partial charge in [0, 0.05) is 84.3 Å². The van der Waals surface area contributed by atoms with Gasteiger partial charge in [-0.2, -0.15) is 0 Å². The van der Waals surface area contributed by atoms with E-state index in [2.05, 4.69) is 5.32 Å². The lowest BCUT2D eigenvalue weighted by molar-refractivity contribution is -0.308. The maximum Gasteiger partial charge on any atom is 0.317 e. The molecule has 0 aromatic carbocycles. The Kier molecular flexibility index (Phi) is 16.6. The quantitative estimate of drug-likeness (QED) is 0.150. The van der Waals surface area contributed by atoms with Crippen LogP contribution < -0.4 is 15.5 Å². The monoisotopic (exact) mass is 571 g/mol. The topological polar surface area (TPSA) is 214 Å². The van der Waals surface area contributed by atoms with Crippen LogP contribution in [0.1, 0.15) is 39.0 Å². The average molecular weight is 572 g/mol. The second-order valence-electron chi connectivity index (χ2n) is 9.99. The molecule has 0 saturated carbocycles. The number of carbonyl (C=O) groups is 6. The summed E-state index contributed by atoms with van der Waals surface area (Å²) in [6.07, 6.45) is 1.86. The van der Waals surface area contributed by atoms with E-state index in [9.17, 15) is 49.2 Å². The molecule has 1 fully saturated rings. The predicted molar refractivity (Wildman–Crippen MR) is 137 cm³/mol. The molecule has 228 valence electrons. The Bertz CT molecular complexity index is 871. The maximum absolute atomic E-state index is 11.9. The van der Waals surface area contributed by atoms with Gasteiger partial charge in [-0.15, -0.1) is 0 Å². The summed E-state index contributed by atoms with van der Waals surface area (Å²) in [4.78, 5) is 75.2. The van der Waals surface area contributed by atoms with Crippen LogP contribution >= 0.6 is 0 Å². The van der Waals surface area contributed by atoms with Gasteiger partial charge in [0.15, 0.2) is 0 Å². The first-order valence-electron chi connectivity index (χ1n) is 13.4. The molecule has 1 aliphatic rings. The van der Waals surface area contributed by atoms with Gasteiger partial charge in [0.25, 0.3) is 0 Å². The summed E-state index contributed by atoms with van der Waals surface area (Å²) in [6.45, 7) is 1.52. The number of rotatable bonds is 16. The van der Waals surface area contributed by atoms with Crippen molar-refractivity contribution in [2.45, 2.75) is 45.1 Å². The van der Waals surface area contributed by atoms with Crippen LogP contribution in [0.25, 0.3) is 0 Å². The number of carbonyl (C=O) groups excluding carboxylic acids is 4. The first-order valence-corrected chi connectivity index (χ1v) is 13.4. The molecule has 1 atom stereocenters. The number of aliphatic carboxylic acids is 4. The van der Waals surface area contributed by atoms with Crippen LogP contribution in [0.3, 0.4) is 0 Å². The summed E-state index contributed by atoms with van der Waals surface area (Å²) in [5, 5.41) is 44.4. The third-order valence-electron chi connectivity index (χ3n) is 6.55. The maximum atomic E-state index is 11.9. The highest BCUT2D eigenvalue weighted by Gasteiger charge is 2.26. The van der Waals surface area contributed by atoms with E-state index in [0.29, 0.717) is 25.8 Å². The summed E-state index contributed by atoms with van der Waals surface area (Å²) in [6, 6.07) is -0.426. The van der Waals surface area contributed by atoms with Crippen molar-refractivity contribution < 1.29 is 49.2 Å². The zero-order valence-corrected chi connectivity index (χ0v) is 23.0. The number of ketones is 1. The number of unbranched alkanes of at least 4 members (excludes halogenated alkanes) is 1. The lowest BCUT2D eigenvalue weighted by Gasteiger charge is -2.38. The van der Waals surface area contributed by atoms with Gasteiger partial charge in [0.1, 0.15) is 5.78 Å². The Balaban J connectivity index is 3.05. The zero-order chi connectivity index (χ0) is 30.1. The molecule has 0 aromatic heterocycles. The molecule has 0 aromatic rings. The SMILES string of the molecule is CC(=O)CCC(=O)NCCCCC1CN(CC(=O)[O-])CCN(CC(=O)[O-])CCN(CC(=O)O)CCN1CC(=O)O. The van der Waals surface area contributed by atoms with Crippen molar-refractivity contribution in [3.05, 3.63) is 0 Å². The Labute approximate surface area is 233 Å². The van der Waals surface area contributed by atoms with Crippen LogP contribution in [0, 0.1) is 0 Å². The summed E-state index contributed by atoms with van der Waals surface area (Å²) in [5.74, 6) is -5.14. The van der Waals surface area contributed by atoms with Gasteiger partial charge in [0.05, 0.1) is 25.0 Å². The van der Waals surface area contributed by atoms with Gasteiger partial charge >= 0.3 is 11.9 Å². The highest BCUT2D eigenvalue weighted by molar-refractivity contribution is 5.83. The molecule has 0 radical (unpaired) electrons. The highest BCUT2D eigenvalue weighted by atomic mass is 16.4. The molecule has 0 aliphatic carbocycles. The Hall–Kier alpha value is -3.14. The molecule has 1 amide bonds.